The molecule has 25 heavy (non-hydrogen) atoms. The zero-order valence-electron chi connectivity index (χ0n) is 13.4. The molecular formula is C18H14N2O4S. The Morgan fingerprint density at radius 2 is 2.00 bits per heavy atom. The van der Waals surface area contributed by atoms with Crippen LogP contribution in [0.25, 0.3) is 10.9 Å². The highest BCUT2D eigenvalue weighted by molar-refractivity contribution is 7.99. The lowest BCUT2D eigenvalue weighted by Gasteiger charge is -2.08. The summed E-state index contributed by atoms with van der Waals surface area (Å²) in [6.07, 6.45) is 0. The lowest BCUT2D eigenvalue weighted by Crippen LogP contribution is -2.20. The van der Waals surface area contributed by atoms with Gasteiger partial charge < -0.3 is 9.47 Å². The molecule has 1 aliphatic rings. The molecule has 126 valence electrons. The van der Waals surface area contributed by atoms with Crippen molar-refractivity contribution in [1.82, 2.24) is 9.55 Å². The molecule has 2 heterocycles. The first-order valence-corrected chi connectivity index (χ1v) is 8.63. The Morgan fingerprint density at radius 1 is 1.20 bits per heavy atom. The molecule has 0 amide bonds. The van der Waals surface area contributed by atoms with Gasteiger partial charge in [0.05, 0.1) is 16.7 Å². The van der Waals surface area contributed by atoms with Crippen LogP contribution in [0.15, 0.2) is 52.4 Å². The Kier molecular flexibility index (Phi) is 3.93. The normalized spacial score (nSPS) is 12.5. The van der Waals surface area contributed by atoms with Crippen LogP contribution in [0.1, 0.15) is 10.4 Å². The number of fused-ring (bicyclic) bond motifs is 2. The third kappa shape index (κ3) is 2.87. The summed E-state index contributed by atoms with van der Waals surface area (Å²) >= 11 is 1.24. The van der Waals surface area contributed by atoms with E-state index in [0.717, 1.165) is 0 Å². The summed E-state index contributed by atoms with van der Waals surface area (Å²) < 4.78 is 12.0. The second-order valence-electron chi connectivity index (χ2n) is 5.56. The zero-order chi connectivity index (χ0) is 17.4. The third-order valence-electron chi connectivity index (χ3n) is 3.97. The molecule has 0 saturated heterocycles. The summed E-state index contributed by atoms with van der Waals surface area (Å²) in [5, 5.41) is 1.08. The number of hydrogen-bond acceptors (Lipinski definition) is 6. The SMILES string of the molecule is Cn1c(SCC(=O)c2ccc3c(c2)OCO3)nc2ccccc2c1=O. The van der Waals surface area contributed by atoms with E-state index in [0.29, 0.717) is 33.1 Å². The van der Waals surface area contributed by atoms with Crippen molar-refractivity contribution in [3.63, 3.8) is 0 Å². The van der Waals surface area contributed by atoms with Crippen LogP contribution in [0.5, 0.6) is 11.5 Å². The molecule has 1 aromatic heterocycles. The Balaban J connectivity index is 1.57. The Labute approximate surface area is 147 Å². The molecule has 3 aromatic rings. The molecule has 7 heteroatoms. The monoisotopic (exact) mass is 354 g/mol. The number of Topliss-reactive ketones (excluding diaryl/α,β-unsaturated/α-hetero) is 1. The van der Waals surface area contributed by atoms with E-state index in [2.05, 4.69) is 4.98 Å². The van der Waals surface area contributed by atoms with Gasteiger partial charge in [-0.15, -0.1) is 0 Å². The van der Waals surface area contributed by atoms with Crippen LogP contribution in [-0.2, 0) is 7.05 Å². The van der Waals surface area contributed by atoms with Crippen molar-refractivity contribution in [2.24, 2.45) is 7.05 Å². The molecular weight excluding hydrogens is 340 g/mol. The molecule has 0 aliphatic carbocycles. The fourth-order valence-electron chi connectivity index (χ4n) is 2.61. The Hall–Kier alpha value is -2.80. The van der Waals surface area contributed by atoms with Crippen LogP contribution < -0.4 is 15.0 Å². The predicted molar refractivity (Wildman–Crippen MR) is 94.6 cm³/mol. The minimum absolute atomic E-state index is 0.0642. The molecule has 1 aliphatic heterocycles. The van der Waals surface area contributed by atoms with Crippen LogP contribution in [0.2, 0.25) is 0 Å². The topological polar surface area (TPSA) is 70.4 Å². The number of hydrogen-bond donors (Lipinski definition) is 0. The largest absolute Gasteiger partial charge is 0.454 e. The maximum absolute atomic E-state index is 12.4. The van der Waals surface area contributed by atoms with Gasteiger partial charge in [-0.1, -0.05) is 23.9 Å². The number of ketones is 1. The molecule has 0 fully saturated rings. The van der Waals surface area contributed by atoms with Crippen molar-refractivity contribution in [3.8, 4) is 11.5 Å². The maximum Gasteiger partial charge on any atom is 0.261 e. The van der Waals surface area contributed by atoms with E-state index in [1.807, 2.05) is 6.07 Å². The summed E-state index contributed by atoms with van der Waals surface area (Å²) in [5.74, 6) is 1.33. The van der Waals surface area contributed by atoms with Crippen LogP contribution in [0, 0.1) is 0 Å². The van der Waals surface area contributed by atoms with Gasteiger partial charge in [0, 0.05) is 12.6 Å². The van der Waals surface area contributed by atoms with E-state index in [-0.39, 0.29) is 23.9 Å². The molecule has 2 aromatic carbocycles. The molecule has 0 unspecified atom stereocenters. The average molecular weight is 354 g/mol. The number of ether oxygens (including phenoxy) is 2. The van der Waals surface area contributed by atoms with Crippen molar-refractivity contribution in [1.29, 1.82) is 0 Å². The first kappa shape index (κ1) is 15.7. The van der Waals surface area contributed by atoms with Crippen molar-refractivity contribution in [2.75, 3.05) is 12.5 Å². The van der Waals surface area contributed by atoms with Crippen LogP contribution in [-0.4, -0.2) is 27.9 Å². The van der Waals surface area contributed by atoms with Crippen LogP contribution in [0.4, 0.5) is 0 Å². The predicted octanol–water partition coefficient (Wildman–Crippen LogP) is 2.64. The smallest absolute Gasteiger partial charge is 0.261 e. The number of para-hydroxylation sites is 1. The van der Waals surface area contributed by atoms with Crippen molar-refractivity contribution >= 4 is 28.4 Å². The van der Waals surface area contributed by atoms with Crippen LogP contribution in [0.3, 0.4) is 0 Å². The quantitative estimate of drug-likeness (QED) is 0.407. The molecule has 0 bridgehead atoms. The summed E-state index contributed by atoms with van der Waals surface area (Å²) in [6.45, 7) is 0.171. The summed E-state index contributed by atoms with van der Waals surface area (Å²) in [5.41, 5.74) is 1.05. The molecule has 0 spiro atoms. The van der Waals surface area contributed by atoms with E-state index in [9.17, 15) is 9.59 Å². The van der Waals surface area contributed by atoms with Crippen molar-refractivity contribution in [2.45, 2.75) is 5.16 Å². The summed E-state index contributed by atoms with van der Waals surface area (Å²) in [4.78, 5) is 29.3. The molecule has 6 nitrogen and oxygen atoms in total. The minimum atomic E-state index is -0.122. The van der Waals surface area contributed by atoms with Crippen LogP contribution >= 0.6 is 11.8 Å². The van der Waals surface area contributed by atoms with Crippen molar-refractivity contribution in [3.05, 3.63) is 58.4 Å². The Bertz CT molecular complexity index is 1040. The highest BCUT2D eigenvalue weighted by atomic mass is 32.2. The van der Waals surface area contributed by atoms with E-state index in [4.69, 9.17) is 9.47 Å². The third-order valence-corrected chi connectivity index (χ3v) is 5.00. The van der Waals surface area contributed by atoms with Gasteiger partial charge in [-0.3, -0.25) is 14.2 Å². The molecule has 0 saturated carbocycles. The fraction of sp³-hybridized carbons (Fsp3) is 0.167. The average Bonchev–Trinajstić information content (AvgIpc) is 3.11. The number of benzene rings is 2. The lowest BCUT2D eigenvalue weighted by molar-refractivity contribution is 0.102. The van der Waals surface area contributed by atoms with Gasteiger partial charge in [-0.05, 0) is 30.3 Å². The van der Waals surface area contributed by atoms with Gasteiger partial charge in [-0.2, -0.15) is 0 Å². The first-order valence-electron chi connectivity index (χ1n) is 7.65. The van der Waals surface area contributed by atoms with Gasteiger partial charge in [-0.25, -0.2) is 4.98 Å². The number of rotatable bonds is 4. The van der Waals surface area contributed by atoms with Gasteiger partial charge in [0.1, 0.15) is 0 Å². The number of nitrogens with zero attached hydrogens (tertiary/aromatic N) is 2. The number of thioether (sulfide) groups is 1. The molecule has 0 N–H and O–H groups in total. The second-order valence-corrected chi connectivity index (χ2v) is 6.50. The number of carbonyl (C=O) groups is 1. The number of aromatic nitrogens is 2. The molecule has 0 radical (unpaired) electrons. The van der Waals surface area contributed by atoms with Gasteiger partial charge in [0.2, 0.25) is 6.79 Å². The summed E-state index contributed by atoms with van der Waals surface area (Å²) in [6, 6.07) is 12.3. The minimum Gasteiger partial charge on any atom is -0.454 e. The lowest BCUT2D eigenvalue weighted by atomic mass is 10.1. The van der Waals surface area contributed by atoms with Crippen molar-refractivity contribution < 1.29 is 14.3 Å². The molecule has 4 rings (SSSR count). The zero-order valence-corrected chi connectivity index (χ0v) is 14.2. The summed E-state index contributed by atoms with van der Waals surface area (Å²) in [7, 11) is 1.66. The first-order chi connectivity index (χ1) is 12.1. The standard InChI is InChI=1S/C18H14N2O4S/c1-20-17(22)12-4-2-3-5-13(12)19-18(20)25-9-14(21)11-6-7-15-16(8-11)24-10-23-15/h2-8H,9-10H2,1H3. The highest BCUT2D eigenvalue weighted by Gasteiger charge is 2.17. The number of carbonyl (C=O) groups excluding carboxylic acids is 1. The van der Waals surface area contributed by atoms with Gasteiger partial charge in [0.15, 0.2) is 22.4 Å². The van der Waals surface area contributed by atoms with E-state index in [1.165, 1.54) is 16.3 Å². The molecule has 0 atom stereocenters. The van der Waals surface area contributed by atoms with Gasteiger partial charge in [0.25, 0.3) is 5.56 Å². The Morgan fingerprint density at radius 3 is 2.88 bits per heavy atom. The van der Waals surface area contributed by atoms with Gasteiger partial charge >= 0.3 is 0 Å². The fourth-order valence-corrected chi connectivity index (χ4v) is 3.48. The second kappa shape index (κ2) is 6.25. The maximum atomic E-state index is 12.4. The highest BCUT2D eigenvalue weighted by Crippen LogP contribution is 2.33. The van der Waals surface area contributed by atoms with E-state index in [1.54, 1.807) is 43.4 Å². The van der Waals surface area contributed by atoms with E-state index < -0.39 is 0 Å². The van der Waals surface area contributed by atoms with E-state index >= 15 is 0 Å².